The quantitative estimate of drug-likeness (QED) is 0.383. The van der Waals surface area contributed by atoms with Crippen LogP contribution in [0.2, 0.25) is 0 Å². The van der Waals surface area contributed by atoms with Gasteiger partial charge in [0.05, 0.1) is 23.6 Å². The lowest BCUT2D eigenvalue weighted by Crippen LogP contribution is -2.23. The van der Waals surface area contributed by atoms with Crippen LogP contribution in [0.3, 0.4) is 0 Å². The molecule has 0 aliphatic rings. The second-order valence-corrected chi connectivity index (χ2v) is 9.12. The topological polar surface area (TPSA) is 101 Å². The van der Waals surface area contributed by atoms with Crippen molar-refractivity contribution in [2.24, 2.45) is 0 Å². The Bertz CT molecular complexity index is 899. The summed E-state index contributed by atoms with van der Waals surface area (Å²) in [6.07, 6.45) is 0. The molecule has 1 atom stereocenters. The highest BCUT2D eigenvalue weighted by atomic mass is 32.2. The van der Waals surface area contributed by atoms with Gasteiger partial charge in [-0.15, -0.1) is 0 Å². The van der Waals surface area contributed by atoms with Gasteiger partial charge in [-0.25, -0.2) is 9.78 Å². The number of hydrogen-bond donors (Lipinski definition) is 2. The van der Waals surface area contributed by atoms with E-state index in [1.54, 1.807) is 43.0 Å². The summed E-state index contributed by atoms with van der Waals surface area (Å²) in [4.78, 5) is 43.0. The van der Waals surface area contributed by atoms with E-state index in [1.807, 2.05) is 0 Å². The molecule has 9 heteroatoms. The molecular weight excluding hydrogens is 398 g/mol. The van der Waals surface area contributed by atoms with Crippen molar-refractivity contribution >= 4 is 41.1 Å². The molecule has 2 aromatic rings. The average molecular weight is 422 g/mol. The number of hydrogen-bond acceptors (Lipinski definition) is 7. The van der Waals surface area contributed by atoms with Gasteiger partial charge in [-0.2, -0.15) is 11.8 Å². The fraction of sp³-hybridized carbons (Fsp3) is 0.368. The normalized spacial score (nSPS) is 11.9. The van der Waals surface area contributed by atoms with Gasteiger partial charge in [-0.3, -0.25) is 9.59 Å². The van der Waals surface area contributed by atoms with Crippen LogP contribution in [-0.4, -0.2) is 39.5 Å². The third kappa shape index (κ3) is 6.72. The summed E-state index contributed by atoms with van der Waals surface area (Å²) in [5.41, 5.74) is 1.28. The molecule has 0 saturated carbocycles. The minimum atomic E-state index is -0.502. The van der Waals surface area contributed by atoms with E-state index in [4.69, 9.17) is 0 Å². The maximum atomic E-state index is 12.5. The van der Waals surface area contributed by atoms with Crippen LogP contribution in [0, 0.1) is 0 Å². The van der Waals surface area contributed by atoms with E-state index in [9.17, 15) is 14.4 Å². The van der Waals surface area contributed by atoms with Crippen LogP contribution in [0.15, 0.2) is 40.3 Å². The van der Waals surface area contributed by atoms with Crippen molar-refractivity contribution in [3.05, 3.63) is 51.9 Å². The summed E-state index contributed by atoms with van der Waals surface area (Å²) < 4.78 is 4.68. The molecule has 150 valence electrons. The summed E-state index contributed by atoms with van der Waals surface area (Å²) in [6.45, 7) is 5.88. The maximum Gasteiger partial charge on any atom is 0.337 e. The first kappa shape index (κ1) is 22.0. The van der Waals surface area contributed by atoms with E-state index in [-0.39, 0.29) is 11.5 Å². The Hall–Kier alpha value is -2.26. The van der Waals surface area contributed by atoms with Gasteiger partial charge < -0.3 is 15.0 Å². The largest absolute Gasteiger partial charge is 0.465 e. The number of methoxy groups -OCH3 is 1. The minimum Gasteiger partial charge on any atom is -0.465 e. The molecule has 1 amide bonds. The molecule has 7 nitrogen and oxygen atoms in total. The van der Waals surface area contributed by atoms with Gasteiger partial charge in [0.15, 0.2) is 5.16 Å². The molecule has 1 aromatic heterocycles. The van der Waals surface area contributed by atoms with Crippen LogP contribution in [0.4, 0.5) is 5.69 Å². The zero-order chi connectivity index (χ0) is 20.7. The fourth-order valence-corrected chi connectivity index (χ4v) is 3.65. The second-order valence-electron chi connectivity index (χ2n) is 6.22. The highest BCUT2D eigenvalue weighted by Crippen LogP contribution is 2.22. The lowest BCUT2D eigenvalue weighted by molar-refractivity contribution is -0.115. The molecule has 1 heterocycles. The van der Waals surface area contributed by atoms with E-state index in [1.165, 1.54) is 24.9 Å². The first-order valence-corrected chi connectivity index (χ1v) is 10.6. The van der Waals surface area contributed by atoms with Gasteiger partial charge in [-0.1, -0.05) is 31.7 Å². The molecule has 0 aliphatic heterocycles. The van der Waals surface area contributed by atoms with Crippen LogP contribution in [-0.2, 0) is 15.3 Å². The molecule has 0 saturated heterocycles. The molecule has 1 unspecified atom stereocenters. The molecule has 0 aliphatic carbocycles. The number of thioether (sulfide) groups is 2. The highest BCUT2D eigenvalue weighted by molar-refractivity contribution is 8.00. The van der Waals surface area contributed by atoms with Crippen LogP contribution in [0.5, 0.6) is 0 Å². The smallest absolute Gasteiger partial charge is 0.337 e. The number of anilines is 1. The van der Waals surface area contributed by atoms with E-state index < -0.39 is 11.2 Å². The summed E-state index contributed by atoms with van der Waals surface area (Å²) in [5, 5.41) is 3.09. The summed E-state index contributed by atoms with van der Waals surface area (Å²) in [5.74, 6) is -0.108. The van der Waals surface area contributed by atoms with Gasteiger partial charge in [0, 0.05) is 17.5 Å². The van der Waals surface area contributed by atoms with Gasteiger partial charge in [0.1, 0.15) is 0 Å². The number of ether oxygens (including phenoxy) is 1. The third-order valence-electron chi connectivity index (χ3n) is 3.55. The SMILES string of the molecule is COC(=O)c1cccc(NC(=O)C(C)Sc2nc(CSC(C)C)cc(=O)[nH]2)c1. The molecule has 2 N–H and O–H groups in total. The molecule has 28 heavy (non-hydrogen) atoms. The van der Waals surface area contributed by atoms with Crippen molar-refractivity contribution in [2.75, 3.05) is 12.4 Å². The van der Waals surface area contributed by atoms with Crippen molar-refractivity contribution in [3.8, 4) is 0 Å². The van der Waals surface area contributed by atoms with Crippen molar-refractivity contribution in [1.82, 2.24) is 9.97 Å². The van der Waals surface area contributed by atoms with Crippen LogP contribution < -0.4 is 10.9 Å². The number of amides is 1. The Morgan fingerprint density at radius 3 is 2.68 bits per heavy atom. The first-order chi connectivity index (χ1) is 13.3. The Kier molecular flexibility index (Phi) is 8.13. The number of H-pyrrole nitrogens is 1. The highest BCUT2D eigenvalue weighted by Gasteiger charge is 2.17. The zero-order valence-corrected chi connectivity index (χ0v) is 17.8. The standard InChI is InChI=1S/C19H23N3O4S2/c1-11(2)27-10-15-9-16(23)22-19(21-15)28-12(3)17(24)20-14-7-5-6-13(8-14)18(25)26-4/h5-9,11-12H,10H2,1-4H3,(H,20,24)(H,21,22,23). The molecule has 0 bridgehead atoms. The fourth-order valence-electron chi connectivity index (χ4n) is 2.17. The Morgan fingerprint density at radius 2 is 2.00 bits per heavy atom. The van der Waals surface area contributed by atoms with Crippen LogP contribution in [0.25, 0.3) is 0 Å². The predicted molar refractivity (Wildman–Crippen MR) is 113 cm³/mol. The van der Waals surface area contributed by atoms with Crippen molar-refractivity contribution in [2.45, 2.75) is 42.2 Å². The molecule has 0 fully saturated rings. The summed E-state index contributed by atoms with van der Waals surface area (Å²) in [7, 11) is 1.30. The molecular formula is C19H23N3O4S2. The molecule has 0 radical (unpaired) electrons. The lowest BCUT2D eigenvalue weighted by Gasteiger charge is -2.12. The number of nitrogens with zero attached hydrogens (tertiary/aromatic N) is 1. The Balaban J connectivity index is 2.04. The van der Waals surface area contributed by atoms with E-state index >= 15 is 0 Å². The van der Waals surface area contributed by atoms with Crippen molar-refractivity contribution in [1.29, 1.82) is 0 Å². The molecule has 0 spiro atoms. The van der Waals surface area contributed by atoms with Crippen LogP contribution >= 0.6 is 23.5 Å². The maximum absolute atomic E-state index is 12.5. The second kappa shape index (κ2) is 10.3. The summed E-state index contributed by atoms with van der Waals surface area (Å²) >= 11 is 2.86. The van der Waals surface area contributed by atoms with E-state index in [2.05, 4.69) is 33.9 Å². The van der Waals surface area contributed by atoms with E-state index in [0.717, 1.165) is 0 Å². The number of aromatic amines is 1. The Morgan fingerprint density at radius 1 is 1.25 bits per heavy atom. The Labute approximate surface area is 172 Å². The lowest BCUT2D eigenvalue weighted by atomic mass is 10.2. The number of carbonyl (C=O) groups is 2. The first-order valence-electron chi connectivity index (χ1n) is 8.66. The molecule has 1 aromatic carbocycles. The molecule has 2 rings (SSSR count). The number of aromatic nitrogens is 2. The van der Waals surface area contributed by atoms with Crippen LogP contribution in [0.1, 0.15) is 36.8 Å². The van der Waals surface area contributed by atoms with Gasteiger partial charge >= 0.3 is 5.97 Å². The number of benzene rings is 1. The average Bonchev–Trinajstić information content (AvgIpc) is 2.65. The van der Waals surface area contributed by atoms with Crippen molar-refractivity contribution < 1.29 is 14.3 Å². The van der Waals surface area contributed by atoms with Crippen molar-refractivity contribution in [3.63, 3.8) is 0 Å². The predicted octanol–water partition coefficient (Wildman–Crippen LogP) is 3.32. The number of nitrogens with one attached hydrogen (secondary N) is 2. The third-order valence-corrected chi connectivity index (χ3v) is 5.66. The number of rotatable bonds is 8. The summed E-state index contributed by atoms with van der Waals surface area (Å²) in [6, 6.07) is 7.97. The number of esters is 1. The van der Waals surface area contributed by atoms with Gasteiger partial charge in [0.2, 0.25) is 5.91 Å². The monoisotopic (exact) mass is 421 g/mol. The van der Waals surface area contributed by atoms with Gasteiger partial charge in [-0.05, 0) is 30.4 Å². The number of carbonyl (C=O) groups excluding carboxylic acids is 2. The minimum absolute atomic E-state index is 0.241. The zero-order valence-electron chi connectivity index (χ0n) is 16.1. The van der Waals surface area contributed by atoms with E-state index in [0.29, 0.717) is 33.1 Å². The van der Waals surface area contributed by atoms with Gasteiger partial charge in [0.25, 0.3) is 5.56 Å².